The lowest BCUT2D eigenvalue weighted by Gasteiger charge is -2.08. The van der Waals surface area contributed by atoms with Gasteiger partial charge in [-0.05, 0) is 25.2 Å². The summed E-state index contributed by atoms with van der Waals surface area (Å²) in [6.07, 6.45) is 6.75. The molecular formula is C6H8. The van der Waals surface area contributed by atoms with Crippen LogP contribution < -0.4 is 0 Å². The molecule has 0 heteroatoms. The molecule has 32 valence electrons. The Morgan fingerprint density at radius 3 is 2.67 bits per heavy atom. The maximum atomic E-state index is 2.42. The van der Waals surface area contributed by atoms with Crippen LogP contribution in [0, 0.1) is 5.92 Å². The van der Waals surface area contributed by atoms with Gasteiger partial charge in [-0.2, -0.15) is 0 Å². The zero-order chi connectivity index (χ0) is 3.98. The molecule has 0 radical (unpaired) electrons. The minimum Gasteiger partial charge on any atom is -0.0819 e. The molecule has 0 spiro atoms. The smallest absolute Gasteiger partial charge is 0.0191 e. The van der Waals surface area contributed by atoms with E-state index in [1.807, 2.05) is 0 Å². The van der Waals surface area contributed by atoms with E-state index in [0.717, 1.165) is 5.92 Å². The van der Waals surface area contributed by atoms with Gasteiger partial charge in [0.1, 0.15) is 0 Å². The largest absolute Gasteiger partial charge is 0.0819 e. The number of allylic oxidation sites excluding steroid dienone is 2. The predicted molar refractivity (Wildman–Crippen MR) is 25.4 cm³/mol. The van der Waals surface area contributed by atoms with Crippen molar-refractivity contribution in [1.29, 1.82) is 0 Å². The van der Waals surface area contributed by atoms with Gasteiger partial charge in [-0.25, -0.2) is 0 Å². The highest BCUT2D eigenvalue weighted by Crippen LogP contribution is 2.41. The van der Waals surface area contributed by atoms with E-state index in [2.05, 4.69) is 6.08 Å². The molecule has 0 saturated heterocycles. The fourth-order valence-electron chi connectivity index (χ4n) is 1.38. The molecule has 0 aromatic carbocycles. The van der Waals surface area contributed by atoms with Gasteiger partial charge in [-0.1, -0.05) is 11.6 Å². The third kappa shape index (κ3) is 0.173. The summed E-state index contributed by atoms with van der Waals surface area (Å²) >= 11 is 0. The van der Waals surface area contributed by atoms with Crippen molar-refractivity contribution in [3.63, 3.8) is 0 Å². The third-order valence-corrected chi connectivity index (χ3v) is 1.83. The topological polar surface area (TPSA) is 0 Å². The Morgan fingerprint density at radius 1 is 1.67 bits per heavy atom. The Balaban J connectivity index is 2.39. The highest BCUT2D eigenvalue weighted by molar-refractivity contribution is 5.22. The van der Waals surface area contributed by atoms with E-state index >= 15 is 0 Å². The fourth-order valence-corrected chi connectivity index (χ4v) is 1.38. The van der Waals surface area contributed by atoms with E-state index < -0.39 is 0 Å². The van der Waals surface area contributed by atoms with Crippen LogP contribution in [0.4, 0.5) is 0 Å². The van der Waals surface area contributed by atoms with Crippen LogP contribution in [0.25, 0.3) is 0 Å². The molecule has 2 bridgehead atoms. The molecule has 1 unspecified atom stereocenters. The monoisotopic (exact) mass is 80.1 g/mol. The summed E-state index contributed by atoms with van der Waals surface area (Å²) in [6.45, 7) is 0. The molecule has 1 atom stereocenters. The highest BCUT2D eigenvalue weighted by atomic mass is 14.3. The molecule has 0 nitrogen and oxygen atoms in total. The van der Waals surface area contributed by atoms with E-state index in [-0.39, 0.29) is 0 Å². The van der Waals surface area contributed by atoms with Crippen molar-refractivity contribution < 1.29 is 0 Å². The van der Waals surface area contributed by atoms with Crippen LogP contribution in [0.1, 0.15) is 19.3 Å². The Labute approximate surface area is 37.9 Å². The molecule has 0 amide bonds. The van der Waals surface area contributed by atoms with Crippen molar-refractivity contribution >= 4 is 0 Å². The standard InChI is InChI=1S/C6H8/c1-2-6-3-5(1)4-6/h3,5H,1-2,4H2. The summed E-state index contributed by atoms with van der Waals surface area (Å²) in [4.78, 5) is 0. The van der Waals surface area contributed by atoms with Crippen LogP contribution >= 0.6 is 0 Å². The van der Waals surface area contributed by atoms with Crippen molar-refractivity contribution in [3.8, 4) is 0 Å². The minimum atomic E-state index is 1.03. The number of hydrogen-bond donors (Lipinski definition) is 0. The van der Waals surface area contributed by atoms with Gasteiger partial charge in [0, 0.05) is 0 Å². The summed E-state index contributed by atoms with van der Waals surface area (Å²) in [5, 5.41) is 0. The first-order chi connectivity index (χ1) is 2.95. The van der Waals surface area contributed by atoms with Crippen LogP contribution in [0.3, 0.4) is 0 Å². The van der Waals surface area contributed by atoms with Crippen molar-refractivity contribution in [3.05, 3.63) is 11.6 Å². The highest BCUT2D eigenvalue weighted by Gasteiger charge is 2.25. The van der Waals surface area contributed by atoms with Gasteiger partial charge >= 0.3 is 0 Å². The Morgan fingerprint density at radius 2 is 2.50 bits per heavy atom. The zero-order valence-electron chi connectivity index (χ0n) is 3.78. The van der Waals surface area contributed by atoms with Crippen molar-refractivity contribution in [1.82, 2.24) is 0 Å². The Bertz CT molecular complexity index is 96.6. The maximum absolute atomic E-state index is 2.42. The lowest BCUT2D eigenvalue weighted by molar-refractivity contribution is 0.665. The van der Waals surface area contributed by atoms with E-state index in [4.69, 9.17) is 0 Å². The van der Waals surface area contributed by atoms with Gasteiger partial charge in [-0.15, -0.1) is 0 Å². The second kappa shape index (κ2) is 0.699. The van der Waals surface area contributed by atoms with E-state index in [1.54, 1.807) is 5.57 Å². The lowest BCUT2D eigenvalue weighted by Crippen LogP contribution is -1.94. The van der Waals surface area contributed by atoms with Crippen LogP contribution in [0.2, 0.25) is 0 Å². The van der Waals surface area contributed by atoms with E-state index in [9.17, 15) is 0 Å². The molecule has 1 fully saturated rings. The average Bonchev–Trinajstić information content (AvgIpc) is 1.72. The molecule has 0 aromatic rings. The van der Waals surface area contributed by atoms with Gasteiger partial charge in [0.2, 0.25) is 0 Å². The normalized spacial score (nSPS) is 38.7. The minimum absolute atomic E-state index is 1.03. The molecule has 0 heterocycles. The van der Waals surface area contributed by atoms with E-state index in [0.29, 0.717) is 0 Å². The molecule has 6 heavy (non-hydrogen) atoms. The van der Waals surface area contributed by atoms with Gasteiger partial charge in [0.15, 0.2) is 0 Å². The summed E-state index contributed by atoms with van der Waals surface area (Å²) in [5.74, 6) is 1.03. The second-order valence-corrected chi connectivity index (χ2v) is 2.33. The average molecular weight is 80.1 g/mol. The third-order valence-electron chi connectivity index (χ3n) is 1.83. The molecule has 1 saturated carbocycles. The van der Waals surface area contributed by atoms with Crippen LogP contribution in [0.5, 0.6) is 0 Å². The van der Waals surface area contributed by atoms with Gasteiger partial charge in [0.05, 0.1) is 0 Å². The van der Waals surface area contributed by atoms with Crippen LogP contribution in [0.15, 0.2) is 11.6 Å². The first-order valence-corrected chi connectivity index (χ1v) is 2.65. The number of hydrogen-bond acceptors (Lipinski definition) is 0. The SMILES string of the molecule is C1=C2CCC1C2. The zero-order valence-corrected chi connectivity index (χ0v) is 3.78. The van der Waals surface area contributed by atoms with Crippen molar-refractivity contribution in [2.75, 3.05) is 0 Å². The van der Waals surface area contributed by atoms with E-state index in [1.165, 1.54) is 19.3 Å². The summed E-state index contributed by atoms with van der Waals surface area (Å²) in [7, 11) is 0. The Hall–Kier alpha value is -0.260. The molecule has 0 aliphatic heterocycles. The first-order valence-electron chi connectivity index (χ1n) is 2.65. The second-order valence-electron chi connectivity index (χ2n) is 2.33. The summed E-state index contributed by atoms with van der Waals surface area (Å²) < 4.78 is 0. The van der Waals surface area contributed by atoms with Crippen LogP contribution in [-0.4, -0.2) is 0 Å². The molecule has 3 aliphatic rings. The van der Waals surface area contributed by atoms with Crippen molar-refractivity contribution in [2.45, 2.75) is 19.3 Å². The van der Waals surface area contributed by atoms with Gasteiger partial charge in [-0.3, -0.25) is 0 Å². The van der Waals surface area contributed by atoms with Gasteiger partial charge < -0.3 is 0 Å². The fraction of sp³-hybridized carbons (Fsp3) is 0.667. The number of rotatable bonds is 0. The Kier molecular flexibility index (Phi) is 0.331. The maximum Gasteiger partial charge on any atom is -0.0191 e. The quantitative estimate of drug-likeness (QED) is 0.389. The van der Waals surface area contributed by atoms with Gasteiger partial charge in [0.25, 0.3) is 0 Å². The summed E-state index contributed by atoms with van der Waals surface area (Å²) in [6, 6.07) is 0. The molecule has 0 aromatic heterocycles. The number of fused-ring (bicyclic) bond motifs is 1. The molecule has 3 rings (SSSR count). The molecule has 3 aliphatic carbocycles. The van der Waals surface area contributed by atoms with Crippen molar-refractivity contribution in [2.24, 2.45) is 5.92 Å². The first kappa shape index (κ1) is 2.84. The molecular weight excluding hydrogens is 72.1 g/mol. The summed E-state index contributed by atoms with van der Waals surface area (Å²) in [5.41, 5.74) is 1.72. The molecule has 0 N–H and O–H groups in total. The van der Waals surface area contributed by atoms with Crippen LogP contribution in [-0.2, 0) is 0 Å². The predicted octanol–water partition coefficient (Wildman–Crippen LogP) is 1.73. The lowest BCUT2D eigenvalue weighted by atomic mass is 9.97.